The summed E-state index contributed by atoms with van der Waals surface area (Å²) in [6.45, 7) is 2.13. The number of para-hydroxylation sites is 3. The molecule has 0 amide bonds. The first kappa shape index (κ1) is 26.8. The Morgan fingerprint density at radius 1 is 0.400 bits per heavy atom. The van der Waals surface area contributed by atoms with Crippen LogP contribution in [0.4, 0.5) is 22.7 Å². The molecule has 35 heavy (non-hydrogen) atoms. The monoisotopic (exact) mass is 596 g/mol. The fourth-order valence-electron chi connectivity index (χ4n) is 4.52. The van der Waals surface area contributed by atoms with Crippen molar-refractivity contribution in [3.8, 4) is 0 Å². The van der Waals surface area contributed by atoms with Crippen LogP contribution in [0.3, 0.4) is 0 Å². The largest absolute Gasteiger partial charge is 1.00 e. The summed E-state index contributed by atoms with van der Waals surface area (Å²) in [7, 11) is 6.43. The molecule has 4 rings (SSSR count). The molecule has 182 valence electrons. The van der Waals surface area contributed by atoms with E-state index < -0.39 is 7.87 Å². The first-order valence-corrected chi connectivity index (χ1v) is 13.1. The van der Waals surface area contributed by atoms with Gasteiger partial charge in [0.05, 0.1) is 22.7 Å². The molecule has 0 aliphatic heterocycles. The lowest BCUT2D eigenvalue weighted by atomic mass is 10.2. The smallest absolute Gasteiger partial charge is 0.404 e. The third kappa shape index (κ3) is 5.26. The van der Waals surface area contributed by atoms with Gasteiger partial charge in [0.25, 0.3) is 0 Å². The van der Waals surface area contributed by atoms with Gasteiger partial charge in [-0.2, -0.15) is 18.7 Å². The number of benzene rings is 4. The van der Waals surface area contributed by atoms with Crippen LogP contribution in [0.5, 0.6) is 0 Å². The Kier molecular flexibility index (Phi) is 9.03. The van der Waals surface area contributed by atoms with Crippen LogP contribution in [-0.2, 0) is 0 Å². The number of aryl methyl sites for hydroxylation is 1. The van der Waals surface area contributed by atoms with E-state index in [0.717, 1.165) is 0 Å². The zero-order valence-corrected chi connectivity index (χ0v) is 24.1. The van der Waals surface area contributed by atoms with Crippen molar-refractivity contribution in [2.45, 2.75) is 6.92 Å². The molecule has 0 radical (unpaired) electrons. The highest BCUT2D eigenvalue weighted by atomic mass is 127. The van der Waals surface area contributed by atoms with Gasteiger partial charge in [0.2, 0.25) is 0 Å². The summed E-state index contributed by atoms with van der Waals surface area (Å²) in [6.07, 6.45) is 0. The highest BCUT2D eigenvalue weighted by Gasteiger charge is 2.58. The van der Waals surface area contributed by atoms with Crippen molar-refractivity contribution in [3.63, 3.8) is 0 Å². The first-order chi connectivity index (χ1) is 16.5. The Hall–Kier alpha value is -2.76. The van der Waals surface area contributed by atoms with E-state index in [1.807, 2.05) is 0 Å². The zero-order valence-electron chi connectivity index (χ0n) is 21.1. The highest BCUT2D eigenvalue weighted by Crippen LogP contribution is 2.71. The van der Waals surface area contributed by atoms with Crippen molar-refractivity contribution in [2.75, 3.05) is 46.9 Å². The van der Waals surface area contributed by atoms with E-state index in [1.54, 1.807) is 0 Å². The van der Waals surface area contributed by atoms with Gasteiger partial charge in [0.1, 0.15) is 0 Å². The van der Waals surface area contributed by atoms with Gasteiger partial charge in [0.15, 0.2) is 0 Å². The van der Waals surface area contributed by atoms with Gasteiger partial charge >= 0.3 is 7.87 Å². The van der Waals surface area contributed by atoms with Crippen LogP contribution in [0.1, 0.15) is 5.56 Å². The van der Waals surface area contributed by atoms with Gasteiger partial charge in [-0.25, -0.2) is 0 Å². The van der Waals surface area contributed by atoms with E-state index in [4.69, 9.17) is 0 Å². The second-order valence-electron chi connectivity index (χ2n) is 8.47. The standard InChI is InChI=1S/C29H34N4P.HI/c1-25-21-23-29(24-22-25)33(5)34(30(2)26-15-9-6-10-16-26,31(3)27-17-11-7-12-18-27)32(4)28-19-13-8-14-20-28;/h6-24H,1-5H3;1H/q+1;/p-1. The summed E-state index contributed by atoms with van der Waals surface area (Å²) < 4.78 is 9.81. The molecule has 0 bridgehead atoms. The van der Waals surface area contributed by atoms with Crippen molar-refractivity contribution in [1.29, 1.82) is 0 Å². The van der Waals surface area contributed by atoms with Gasteiger partial charge in [-0.1, -0.05) is 72.3 Å². The van der Waals surface area contributed by atoms with Crippen molar-refractivity contribution in [1.82, 2.24) is 0 Å². The second-order valence-corrected chi connectivity index (χ2v) is 11.9. The second kappa shape index (κ2) is 11.8. The predicted octanol–water partition coefficient (Wildman–Crippen LogP) is 4.52. The summed E-state index contributed by atoms with van der Waals surface area (Å²) in [5, 5.41) is 0. The molecule has 0 saturated heterocycles. The van der Waals surface area contributed by atoms with E-state index in [1.165, 1.54) is 28.3 Å². The summed E-state index contributed by atoms with van der Waals surface area (Å²) in [4.78, 5) is 0. The van der Waals surface area contributed by atoms with E-state index in [0.29, 0.717) is 0 Å². The molecule has 4 nitrogen and oxygen atoms in total. The van der Waals surface area contributed by atoms with Crippen molar-refractivity contribution in [2.24, 2.45) is 0 Å². The molecule has 0 aliphatic rings. The Morgan fingerprint density at radius 3 is 0.943 bits per heavy atom. The van der Waals surface area contributed by atoms with Crippen LogP contribution >= 0.6 is 7.87 Å². The van der Waals surface area contributed by atoms with Gasteiger partial charge in [-0.05, 0) is 55.5 Å². The maximum Gasteiger partial charge on any atom is 0.404 e. The Bertz CT molecular complexity index is 1060. The van der Waals surface area contributed by atoms with Gasteiger partial charge in [-0.3, -0.25) is 0 Å². The number of nitrogens with zero attached hydrogens (tertiary/aromatic N) is 4. The average Bonchev–Trinajstić information content (AvgIpc) is 2.90. The molecule has 4 aromatic rings. The Morgan fingerprint density at radius 2 is 0.657 bits per heavy atom. The maximum absolute atomic E-state index is 2.46. The molecule has 0 N–H and O–H groups in total. The van der Waals surface area contributed by atoms with Crippen molar-refractivity contribution < 1.29 is 24.0 Å². The third-order valence-corrected chi connectivity index (χ3v) is 10.6. The normalized spacial score (nSPS) is 10.8. The van der Waals surface area contributed by atoms with E-state index in [2.05, 4.69) is 169 Å². The molecule has 0 spiro atoms. The minimum atomic E-state index is -2.43. The van der Waals surface area contributed by atoms with Crippen LogP contribution in [-0.4, -0.2) is 28.2 Å². The summed E-state index contributed by atoms with van der Waals surface area (Å²) in [5.41, 5.74) is 5.93. The minimum absolute atomic E-state index is 0. The van der Waals surface area contributed by atoms with Gasteiger partial charge in [0, 0.05) is 28.2 Å². The molecule has 0 aromatic heterocycles. The van der Waals surface area contributed by atoms with Gasteiger partial charge in [-0.15, -0.1) is 0 Å². The highest BCUT2D eigenvalue weighted by molar-refractivity contribution is 7.81. The SMILES string of the molecule is Cc1ccc(N(C)[P+](N(C)c2ccccc2)(N(C)c2ccccc2)N(C)c2ccccc2)cc1.[I-]. The molecule has 0 aliphatic carbocycles. The lowest BCUT2D eigenvalue weighted by Crippen LogP contribution is -3.00. The molecular formula is C29H34IN4P. The molecule has 6 heteroatoms. The fourth-order valence-corrected chi connectivity index (χ4v) is 8.71. The lowest BCUT2D eigenvalue weighted by Gasteiger charge is -2.49. The number of halogens is 1. The number of hydrogen-bond donors (Lipinski definition) is 0. The minimum Gasteiger partial charge on any atom is -1.00 e. The molecule has 4 aromatic carbocycles. The Labute approximate surface area is 228 Å². The average molecular weight is 596 g/mol. The summed E-state index contributed by atoms with van der Waals surface area (Å²) in [5.74, 6) is 0. The zero-order chi connectivity index (χ0) is 24.1. The van der Waals surface area contributed by atoms with Crippen molar-refractivity contribution >= 4 is 30.6 Å². The van der Waals surface area contributed by atoms with Gasteiger partial charge < -0.3 is 24.0 Å². The van der Waals surface area contributed by atoms with E-state index in [9.17, 15) is 0 Å². The number of rotatable bonds is 8. The number of anilines is 4. The van der Waals surface area contributed by atoms with Crippen LogP contribution in [0.15, 0.2) is 115 Å². The summed E-state index contributed by atoms with van der Waals surface area (Å²) in [6, 6.07) is 40.8. The molecular weight excluding hydrogens is 562 g/mol. The Balaban J connectivity index is 0.00000342. The third-order valence-electron chi connectivity index (χ3n) is 6.41. The lowest BCUT2D eigenvalue weighted by molar-refractivity contribution is -0.00000685. The van der Waals surface area contributed by atoms with E-state index in [-0.39, 0.29) is 24.0 Å². The fraction of sp³-hybridized carbons (Fsp3) is 0.172. The van der Waals surface area contributed by atoms with Crippen LogP contribution in [0.2, 0.25) is 0 Å². The van der Waals surface area contributed by atoms with Crippen LogP contribution in [0.25, 0.3) is 0 Å². The molecule has 0 fully saturated rings. The predicted molar refractivity (Wildman–Crippen MR) is 151 cm³/mol. The molecule has 0 saturated carbocycles. The van der Waals surface area contributed by atoms with E-state index >= 15 is 0 Å². The van der Waals surface area contributed by atoms with Crippen molar-refractivity contribution in [3.05, 3.63) is 121 Å². The molecule has 0 heterocycles. The number of hydrogen-bond acceptors (Lipinski definition) is 4. The summed E-state index contributed by atoms with van der Waals surface area (Å²) >= 11 is 0. The molecule has 0 unspecified atom stereocenters. The quantitative estimate of drug-likeness (QED) is 0.219. The first-order valence-electron chi connectivity index (χ1n) is 11.5. The molecule has 0 atom stereocenters. The topological polar surface area (TPSA) is 13.0 Å². The van der Waals surface area contributed by atoms with Crippen LogP contribution < -0.4 is 42.7 Å². The van der Waals surface area contributed by atoms with Crippen LogP contribution in [0, 0.1) is 6.92 Å². The maximum atomic E-state index is 2.46.